The van der Waals surface area contributed by atoms with Gasteiger partial charge in [-0.15, -0.1) is 11.1 Å². The number of aryl methyl sites for hydroxylation is 2. The summed E-state index contributed by atoms with van der Waals surface area (Å²) in [6.45, 7) is 5.45. The van der Waals surface area contributed by atoms with Gasteiger partial charge in [0.1, 0.15) is 0 Å². The van der Waals surface area contributed by atoms with Gasteiger partial charge in [-0.1, -0.05) is 49.8 Å². The van der Waals surface area contributed by atoms with Crippen LogP contribution >= 0.6 is 0 Å². The standard InChI is InChI=1S/C17H15O3.La/c1-11-5-4-6-14(9-11)7-8-15(18)16-13(3)12(2)10-20-17(16)19;/h4-9H,1-3H3;/q-1;/b8-7+;. The minimum absolute atomic E-state index is 0. The second-order valence-electron chi connectivity index (χ2n) is 4.73. The van der Waals surface area contributed by atoms with Crippen LogP contribution in [0.4, 0.5) is 0 Å². The fraction of sp³-hybridized carbons (Fsp3) is 0.176. The van der Waals surface area contributed by atoms with Crippen molar-refractivity contribution in [2.24, 2.45) is 0 Å². The van der Waals surface area contributed by atoms with Gasteiger partial charge in [0.25, 0.3) is 0 Å². The normalized spacial score (nSPS) is 10.4. The minimum atomic E-state index is -0.646. The molecule has 0 saturated carbocycles. The van der Waals surface area contributed by atoms with Crippen molar-refractivity contribution in [2.45, 2.75) is 20.8 Å². The first kappa shape index (κ1) is 17.8. The molecule has 1 heterocycles. The van der Waals surface area contributed by atoms with Crippen LogP contribution in [0.5, 0.6) is 0 Å². The van der Waals surface area contributed by atoms with Crippen LogP contribution < -0.4 is 5.63 Å². The predicted octanol–water partition coefficient (Wildman–Crippen LogP) is 3.26. The van der Waals surface area contributed by atoms with Crippen molar-refractivity contribution in [3.8, 4) is 0 Å². The van der Waals surface area contributed by atoms with Gasteiger partial charge in [0.05, 0.1) is 0 Å². The smallest absolute Gasteiger partial charge is 0.228 e. The maximum absolute atomic E-state index is 12.1. The Morgan fingerprint density at radius 3 is 2.62 bits per heavy atom. The van der Waals surface area contributed by atoms with Gasteiger partial charge >= 0.3 is 0 Å². The first-order valence-corrected chi connectivity index (χ1v) is 6.30. The van der Waals surface area contributed by atoms with E-state index in [-0.39, 0.29) is 46.9 Å². The molecule has 0 saturated heterocycles. The van der Waals surface area contributed by atoms with E-state index in [4.69, 9.17) is 4.42 Å². The van der Waals surface area contributed by atoms with Crippen LogP contribution in [0, 0.1) is 62.6 Å². The van der Waals surface area contributed by atoms with Crippen molar-refractivity contribution in [1.82, 2.24) is 0 Å². The number of hydrogen-bond acceptors (Lipinski definition) is 3. The van der Waals surface area contributed by atoms with Gasteiger partial charge in [-0.05, 0) is 24.1 Å². The summed E-state index contributed by atoms with van der Waals surface area (Å²) < 4.78 is 4.73. The number of rotatable bonds is 3. The molecule has 1 aromatic carbocycles. The molecular formula is C17H15LaO3-. The van der Waals surface area contributed by atoms with Gasteiger partial charge in [0.2, 0.25) is 5.63 Å². The van der Waals surface area contributed by atoms with Crippen LogP contribution in [0.2, 0.25) is 0 Å². The third-order valence-corrected chi connectivity index (χ3v) is 3.15. The molecule has 0 bridgehead atoms. The molecular weight excluding hydrogens is 391 g/mol. The Hall–Kier alpha value is -1.23. The third kappa shape index (κ3) is 4.37. The van der Waals surface area contributed by atoms with E-state index >= 15 is 0 Å². The zero-order valence-corrected chi connectivity index (χ0v) is 15.9. The monoisotopic (exact) mass is 406 g/mol. The van der Waals surface area contributed by atoms with Crippen molar-refractivity contribution in [1.29, 1.82) is 0 Å². The maximum atomic E-state index is 12.1. The average Bonchev–Trinajstić information content (AvgIpc) is 2.41. The number of benzene rings is 1. The molecule has 0 spiro atoms. The number of carbonyl (C=O) groups is 1. The van der Waals surface area contributed by atoms with Crippen LogP contribution in [0.15, 0.2) is 39.6 Å². The summed E-state index contributed by atoms with van der Waals surface area (Å²) in [5.74, 6) is -0.352. The van der Waals surface area contributed by atoms with Crippen LogP contribution in [-0.2, 0) is 0 Å². The zero-order valence-electron chi connectivity index (χ0n) is 12.3. The van der Waals surface area contributed by atoms with Gasteiger partial charge in [-0.2, -0.15) is 0 Å². The molecule has 2 rings (SSSR count). The van der Waals surface area contributed by atoms with Gasteiger partial charge in [0, 0.05) is 41.9 Å². The molecule has 1 aromatic heterocycles. The van der Waals surface area contributed by atoms with Crippen molar-refractivity contribution in [3.63, 3.8) is 0 Å². The quantitative estimate of drug-likeness (QED) is 0.447. The number of hydrogen-bond donors (Lipinski definition) is 0. The first-order valence-electron chi connectivity index (χ1n) is 6.30. The molecule has 105 valence electrons. The van der Waals surface area contributed by atoms with Crippen LogP contribution in [0.1, 0.15) is 32.6 Å². The Morgan fingerprint density at radius 1 is 1.24 bits per heavy atom. The van der Waals surface area contributed by atoms with Gasteiger partial charge in [0.15, 0.2) is 5.78 Å². The molecule has 2 aromatic rings. The van der Waals surface area contributed by atoms with Crippen molar-refractivity contribution in [2.75, 3.05) is 0 Å². The Morgan fingerprint density at radius 2 is 1.95 bits per heavy atom. The topological polar surface area (TPSA) is 47.3 Å². The van der Waals surface area contributed by atoms with Gasteiger partial charge < -0.3 is 9.21 Å². The second-order valence-corrected chi connectivity index (χ2v) is 4.73. The molecule has 21 heavy (non-hydrogen) atoms. The summed E-state index contributed by atoms with van der Waals surface area (Å²) in [5.41, 5.74) is 2.73. The molecule has 1 radical (unpaired) electrons. The number of ketones is 1. The molecule has 0 fully saturated rings. The number of carbonyl (C=O) groups excluding carboxylic acids is 1. The van der Waals surface area contributed by atoms with E-state index in [0.29, 0.717) is 11.1 Å². The van der Waals surface area contributed by atoms with E-state index < -0.39 is 5.63 Å². The number of allylic oxidation sites excluding steroid dienone is 1. The summed E-state index contributed by atoms with van der Waals surface area (Å²) in [5, 5.41) is 0. The third-order valence-electron chi connectivity index (χ3n) is 3.15. The zero-order chi connectivity index (χ0) is 14.7. The fourth-order valence-corrected chi connectivity index (χ4v) is 1.91. The van der Waals surface area contributed by atoms with Crippen LogP contribution in [0.3, 0.4) is 0 Å². The maximum Gasteiger partial charge on any atom is 0.228 e. The van der Waals surface area contributed by atoms with E-state index in [1.807, 2.05) is 31.2 Å². The largest absolute Gasteiger partial charge is 0.552 e. The predicted molar refractivity (Wildman–Crippen MR) is 77.8 cm³/mol. The van der Waals surface area contributed by atoms with E-state index in [1.54, 1.807) is 19.9 Å². The molecule has 0 unspecified atom stereocenters. The van der Waals surface area contributed by atoms with Gasteiger partial charge in [-0.3, -0.25) is 4.79 Å². The van der Waals surface area contributed by atoms with Gasteiger partial charge in [-0.25, -0.2) is 0 Å². The van der Waals surface area contributed by atoms with Crippen molar-refractivity contribution < 1.29 is 44.8 Å². The van der Waals surface area contributed by atoms with Crippen molar-refractivity contribution >= 4 is 11.9 Å². The summed E-state index contributed by atoms with van der Waals surface area (Å²) >= 11 is 0. The first-order chi connectivity index (χ1) is 9.49. The summed E-state index contributed by atoms with van der Waals surface area (Å²) in [4.78, 5) is 23.8. The van der Waals surface area contributed by atoms with E-state index in [1.165, 1.54) is 6.08 Å². The molecule has 0 aliphatic carbocycles. The molecule has 0 aliphatic rings. The fourth-order valence-electron chi connectivity index (χ4n) is 1.91. The minimum Gasteiger partial charge on any atom is -0.552 e. The Bertz CT molecular complexity index is 742. The SMILES string of the molecule is Cc1cccc(/C=C/C(=O)c2c(C)c(C)[c-]oc2=O)c1.[La]. The molecule has 0 N–H and O–H groups in total. The van der Waals surface area contributed by atoms with Crippen molar-refractivity contribution in [3.05, 3.63) is 74.8 Å². The molecule has 0 amide bonds. The van der Waals surface area contributed by atoms with Crippen LogP contribution in [-0.4, -0.2) is 5.78 Å². The second kappa shape index (κ2) is 7.69. The van der Waals surface area contributed by atoms with E-state index in [9.17, 15) is 9.59 Å². The molecule has 0 aliphatic heterocycles. The van der Waals surface area contributed by atoms with E-state index in [2.05, 4.69) is 6.26 Å². The molecule has 0 atom stereocenters. The molecule has 3 nitrogen and oxygen atoms in total. The van der Waals surface area contributed by atoms with Crippen LogP contribution in [0.25, 0.3) is 6.08 Å². The average molecular weight is 406 g/mol. The summed E-state index contributed by atoms with van der Waals surface area (Å²) in [7, 11) is 0. The Kier molecular flexibility index (Phi) is 6.53. The summed E-state index contributed by atoms with van der Waals surface area (Å²) in [6, 6.07) is 7.76. The van der Waals surface area contributed by atoms with E-state index in [0.717, 1.165) is 11.1 Å². The summed E-state index contributed by atoms with van der Waals surface area (Å²) in [6.07, 6.45) is 5.57. The molecule has 4 heteroatoms. The Labute approximate surface area is 151 Å². The Balaban J connectivity index is 0.00000220.